The van der Waals surface area contributed by atoms with E-state index in [1.165, 1.54) is 6.07 Å². The zero-order chi connectivity index (χ0) is 11.6. The molecule has 0 spiro atoms. The lowest BCUT2D eigenvalue weighted by Crippen LogP contribution is -2.38. The lowest BCUT2D eigenvalue weighted by Gasteiger charge is -2.39. The van der Waals surface area contributed by atoms with E-state index in [0.717, 1.165) is 12.8 Å². The molecule has 2 unspecified atom stereocenters. The van der Waals surface area contributed by atoms with Crippen LogP contribution in [-0.4, -0.2) is 12.0 Å². The second-order valence-corrected chi connectivity index (χ2v) is 4.88. The molecule has 2 rings (SSSR count). The van der Waals surface area contributed by atoms with Gasteiger partial charge in [-0.05, 0) is 25.3 Å². The van der Waals surface area contributed by atoms with Crippen molar-refractivity contribution >= 4 is 11.6 Å². The Labute approximate surface area is 101 Å². The van der Waals surface area contributed by atoms with Gasteiger partial charge in [-0.2, -0.15) is 0 Å². The van der Waals surface area contributed by atoms with Gasteiger partial charge in [0.1, 0.15) is 5.82 Å². The normalized spacial score (nSPS) is 30.3. The van der Waals surface area contributed by atoms with Crippen molar-refractivity contribution in [2.45, 2.75) is 37.2 Å². The van der Waals surface area contributed by atoms with Crippen molar-refractivity contribution in [2.24, 2.45) is 0 Å². The molecule has 1 aliphatic rings. The molecule has 1 aliphatic heterocycles. The van der Waals surface area contributed by atoms with Crippen LogP contribution in [0.4, 0.5) is 4.39 Å². The number of halogens is 2. The molecule has 0 amide bonds. The smallest absolute Gasteiger partial charge is 0.129 e. The molecule has 3 heteroatoms. The van der Waals surface area contributed by atoms with E-state index in [1.807, 2.05) is 13.0 Å². The Morgan fingerprint density at radius 3 is 2.88 bits per heavy atom. The first-order valence-corrected chi connectivity index (χ1v) is 6.14. The highest BCUT2D eigenvalue weighted by Gasteiger charge is 2.38. The van der Waals surface area contributed by atoms with Crippen molar-refractivity contribution in [3.05, 3.63) is 35.6 Å². The Hall–Kier alpha value is -0.600. The molecule has 0 aliphatic carbocycles. The third-order valence-corrected chi connectivity index (χ3v) is 3.67. The molecule has 1 saturated heterocycles. The van der Waals surface area contributed by atoms with E-state index < -0.39 is 5.60 Å². The average Bonchev–Trinajstić information content (AvgIpc) is 2.29. The van der Waals surface area contributed by atoms with E-state index in [1.54, 1.807) is 12.1 Å². The molecular weight excluding hydrogens is 227 g/mol. The molecule has 1 fully saturated rings. The van der Waals surface area contributed by atoms with Crippen LogP contribution in [0.2, 0.25) is 0 Å². The molecule has 0 N–H and O–H groups in total. The van der Waals surface area contributed by atoms with Gasteiger partial charge in [0.15, 0.2) is 0 Å². The fourth-order valence-electron chi connectivity index (χ4n) is 2.36. The van der Waals surface area contributed by atoms with Crippen LogP contribution in [0.1, 0.15) is 31.7 Å². The average molecular weight is 243 g/mol. The monoisotopic (exact) mass is 242 g/mol. The van der Waals surface area contributed by atoms with Gasteiger partial charge in [0.25, 0.3) is 0 Å². The maximum absolute atomic E-state index is 13.8. The summed E-state index contributed by atoms with van der Waals surface area (Å²) in [6.07, 6.45) is 2.28. The van der Waals surface area contributed by atoms with Crippen LogP contribution in [0, 0.1) is 5.82 Å². The molecule has 1 aromatic carbocycles. The number of ether oxygens (including phenoxy) is 1. The molecule has 2 atom stereocenters. The molecule has 1 aromatic rings. The van der Waals surface area contributed by atoms with Crippen LogP contribution in [0.5, 0.6) is 0 Å². The molecule has 88 valence electrons. The van der Waals surface area contributed by atoms with Crippen LogP contribution in [0.25, 0.3) is 0 Å². The zero-order valence-electron chi connectivity index (χ0n) is 9.38. The highest BCUT2D eigenvalue weighted by atomic mass is 35.5. The van der Waals surface area contributed by atoms with Gasteiger partial charge >= 0.3 is 0 Å². The number of hydrogen-bond acceptors (Lipinski definition) is 1. The summed E-state index contributed by atoms with van der Waals surface area (Å²) >= 11 is 6.18. The van der Waals surface area contributed by atoms with Gasteiger partial charge < -0.3 is 4.74 Å². The third-order valence-electron chi connectivity index (χ3n) is 3.30. The standard InChI is InChI=1S/C13H16ClFO/c1-2-13(9-10(14)7-8-16-13)11-5-3-4-6-12(11)15/h3-6,10H,2,7-9H2,1H3. The third kappa shape index (κ3) is 2.09. The molecule has 1 heterocycles. The summed E-state index contributed by atoms with van der Waals surface area (Å²) < 4.78 is 19.6. The first kappa shape index (κ1) is 11.9. The maximum atomic E-state index is 13.8. The molecule has 0 aromatic heterocycles. The van der Waals surface area contributed by atoms with Crippen LogP contribution in [0.3, 0.4) is 0 Å². The van der Waals surface area contributed by atoms with E-state index in [4.69, 9.17) is 16.3 Å². The number of alkyl halides is 1. The van der Waals surface area contributed by atoms with E-state index in [9.17, 15) is 4.39 Å². The lowest BCUT2D eigenvalue weighted by atomic mass is 9.84. The van der Waals surface area contributed by atoms with Crippen molar-refractivity contribution in [1.82, 2.24) is 0 Å². The predicted molar refractivity (Wildman–Crippen MR) is 63.2 cm³/mol. The SMILES string of the molecule is CCC1(c2ccccc2F)CC(Cl)CCO1. The fraction of sp³-hybridized carbons (Fsp3) is 0.538. The van der Waals surface area contributed by atoms with Gasteiger partial charge in [-0.15, -0.1) is 11.6 Å². The maximum Gasteiger partial charge on any atom is 0.129 e. The van der Waals surface area contributed by atoms with Gasteiger partial charge in [0.05, 0.1) is 5.60 Å². The van der Waals surface area contributed by atoms with Crippen LogP contribution in [-0.2, 0) is 10.3 Å². The number of benzene rings is 1. The summed E-state index contributed by atoms with van der Waals surface area (Å²) in [6, 6.07) is 6.82. The fourth-order valence-corrected chi connectivity index (χ4v) is 2.69. The van der Waals surface area contributed by atoms with E-state index in [2.05, 4.69) is 0 Å². The molecule has 0 saturated carbocycles. The van der Waals surface area contributed by atoms with E-state index in [0.29, 0.717) is 18.6 Å². The van der Waals surface area contributed by atoms with Gasteiger partial charge in [-0.1, -0.05) is 25.1 Å². The highest BCUT2D eigenvalue weighted by molar-refractivity contribution is 6.20. The summed E-state index contributed by atoms with van der Waals surface area (Å²) in [5.41, 5.74) is 0.110. The minimum absolute atomic E-state index is 0.0771. The van der Waals surface area contributed by atoms with Gasteiger partial charge in [0, 0.05) is 17.5 Å². The van der Waals surface area contributed by atoms with Gasteiger partial charge in [-0.25, -0.2) is 4.39 Å². The molecule has 0 bridgehead atoms. The van der Waals surface area contributed by atoms with Crippen LogP contribution < -0.4 is 0 Å². The summed E-state index contributed by atoms with van der Waals surface area (Å²) in [4.78, 5) is 0. The Morgan fingerprint density at radius 1 is 1.50 bits per heavy atom. The second kappa shape index (κ2) is 4.72. The topological polar surface area (TPSA) is 9.23 Å². The first-order chi connectivity index (χ1) is 7.68. The van der Waals surface area contributed by atoms with E-state index in [-0.39, 0.29) is 11.2 Å². The first-order valence-electron chi connectivity index (χ1n) is 5.71. The summed E-state index contributed by atoms with van der Waals surface area (Å²) in [6.45, 7) is 2.62. The molecule has 0 radical (unpaired) electrons. The predicted octanol–water partition coefficient (Wildman–Crippen LogP) is 3.85. The zero-order valence-corrected chi connectivity index (χ0v) is 10.1. The largest absolute Gasteiger partial charge is 0.370 e. The van der Waals surface area contributed by atoms with E-state index >= 15 is 0 Å². The number of hydrogen-bond donors (Lipinski definition) is 0. The van der Waals surface area contributed by atoms with Crippen molar-refractivity contribution in [2.75, 3.05) is 6.61 Å². The Bertz CT molecular complexity index is 369. The van der Waals surface area contributed by atoms with Crippen molar-refractivity contribution in [3.8, 4) is 0 Å². The second-order valence-electron chi connectivity index (χ2n) is 4.27. The lowest BCUT2D eigenvalue weighted by molar-refractivity contribution is -0.0868. The molecular formula is C13H16ClFO. The minimum Gasteiger partial charge on any atom is -0.370 e. The summed E-state index contributed by atoms with van der Waals surface area (Å²) in [5, 5.41) is 0.0771. The minimum atomic E-state index is -0.532. The molecule has 1 nitrogen and oxygen atoms in total. The Balaban J connectivity index is 2.37. The highest BCUT2D eigenvalue weighted by Crippen LogP contribution is 2.40. The Kier molecular flexibility index (Phi) is 3.50. The number of rotatable bonds is 2. The van der Waals surface area contributed by atoms with Crippen LogP contribution in [0.15, 0.2) is 24.3 Å². The van der Waals surface area contributed by atoms with Crippen molar-refractivity contribution in [1.29, 1.82) is 0 Å². The quantitative estimate of drug-likeness (QED) is 0.716. The summed E-state index contributed by atoms with van der Waals surface area (Å²) in [7, 11) is 0. The molecule has 16 heavy (non-hydrogen) atoms. The van der Waals surface area contributed by atoms with Gasteiger partial charge in [-0.3, -0.25) is 0 Å². The van der Waals surface area contributed by atoms with Crippen LogP contribution >= 0.6 is 11.6 Å². The Morgan fingerprint density at radius 2 is 2.25 bits per heavy atom. The van der Waals surface area contributed by atoms with Gasteiger partial charge in [0.2, 0.25) is 0 Å². The summed E-state index contributed by atoms with van der Waals surface area (Å²) in [5.74, 6) is -0.199. The van der Waals surface area contributed by atoms with Crippen molar-refractivity contribution < 1.29 is 9.13 Å². The van der Waals surface area contributed by atoms with Crippen molar-refractivity contribution in [3.63, 3.8) is 0 Å².